The first-order valence-electron chi connectivity index (χ1n) is 11.9. The molecule has 11 nitrogen and oxygen atoms in total. The van der Waals surface area contributed by atoms with E-state index in [9.17, 15) is 9.90 Å². The van der Waals surface area contributed by atoms with Crippen molar-refractivity contribution in [3.05, 3.63) is 78.6 Å². The number of aryl methyl sites for hydroxylation is 1. The number of hydrogen-bond donors (Lipinski definition) is 2. The zero-order chi connectivity index (χ0) is 25.4. The molecule has 0 saturated carbocycles. The molecular weight excluding hydrogens is 472 g/mol. The minimum Gasteiger partial charge on any atom is -0.465 e. The summed E-state index contributed by atoms with van der Waals surface area (Å²) in [7, 11) is 0. The summed E-state index contributed by atoms with van der Waals surface area (Å²) >= 11 is 0. The van der Waals surface area contributed by atoms with E-state index in [1.54, 1.807) is 15.2 Å². The maximum absolute atomic E-state index is 11.4. The summed E-state index contributed by atoms with van der Waals surface area (Å²) in [4.78, 5) is 21.6. The summed E-state index contributed by atoms with van der Waals surface area (Å²) in [6.07, 6.45) is 9.24. The minimum atomic E-state index is -0.885. The molecule has 5 heterocycles. The van der Waals surface area contributed by atoms with Crippen LogP contribution in [0.3, 0.4) is 0 Å². The van der Waals surface area contributed by atoms with Gasteiger partial charge in [-0.05, 0) is 61.2 Å². The Kier molecular flexibility index (Phi) is 5.64. The van der Waals surface area contributed by atoms with Crippen LogP contribution in [0.1, 0.15) is 24.0 Å². The van der Waals surface area contributed by atoms with Gasteiger partial charge in [0.15, 0.2) is 11.5 Å². The molecule has 4 aromatic heterocycles. The maximum Gasteiger partial charge on any atom is 0.407 e. The third kappa shape index (κ3) is 4.42. The van der Waals surface area contributed by atoms with E-state index >= 15 is 0 Å². The molecule has 1 amide bonds. The molecule has 5 aromatic rings. The maximum atomic E-state index is 11.4. The molecule has 2 N–H and O–H groups in total. The molecule has 37 heavy (non-hydrogen) atoms. The predicted octanol–water partition coefficient (Wildman–Crippen LogP) is 4.77. The second kappa shape index (κ2) is 9.26. The lowest BCUT2D eigenvalue weighted by Crippen LogP contribution is -2.30. The van der Waals surface area contributed by atoms with Crippen molar-refractivity contribution in [3.8, 4) is 11.5 Å². The molecule has 0 unspecified atom stereocenters. The van der Waals surface area contributed by atoms with Crippen LogP contribution in [0.5, 0.6) is 11.5 Å². The number of benzene rings is 1. The molecule has 0 aliphatic carbocycles. The van der Waals surface area contributed by atoms with Gasteiger partial charge in [0.05, 0.1) is 0 Å². The fourth-order valence-electron chi connectivity index (χ4n) is 4.57. The number of nitrogens with one attached hydrogen (secondary N) is 1. The molecule has 1 aliphatic rings. The highest BCUT2D eigenvalue weighted by Crippen LogP contribution is 2.33. The van der Waals surface area contributed by atoms with E-state index in [4.69, 9.17) is 4.74 Å². The van der Waals surface area contributed by atoms with E-state index in [1.165, 1.54) is 17.6 Å². The number of aromatic nitrogens is 6. The summed E-state index contributed by atoms with van der Waals surface area (Å²) in [5, 5.41) is 21.3. The van der Waals surface area contributed by atoms with Gasteiger partial charge < -0.3 is 20.1 Å². The number of anilines is 2. The van der Waals surface area contributed by atoms with Gasteiger partial charge in [0.2, 0.25) is 0 Å². The summed E-state index contributed by atoms with van der Waals surface area (Å²) in [5.74, 6) is 2.08. The van der Waals surface area contributed by atoms with Gasteiger partial charge in [-0.25, -0.2) is 23.8 Å². The number of carbonyl (C=O) groups is 1. The number of rotatable bonds is 5. The molecule has 1 aromatic carbocycles. The fraction of sp³-hybridized carbons (Fsp3) is 0.192. The minimum absolute atomic E-state index is 0.458. The first-order chi connectivity index (χ1) is 18.0. The Balaban J connectivity index is 1.26. The van der Waals surface area contributed by atoms with Gasteiger partial charge in [-0.2, -0.15) is 10.2 Å². The van der Waals surface area contributed by atoms with Crippen LogP contribution in [-0.2, 0) is 0 Å². The van der Waals surface area contributed by atoms with E-state index in [0.717, 1.165) is 33.7 Å². The average molecular weight is 497 g/mol. The van der Waals surface area contributed by atoms with Gasteiger partial charge in [-0.1, -0.05) is 6.08 Å². The smallest absolute Gasteiger partial charge is 0.407 e. The Labute approximate surface area is 211 Å². The second-order valence-corrected chi connectivity index (χ2v) is 8.80. The van der Waals surface area contributed by atoms with Crippen molar-refractivity contribution in [1.82, 2.24) is 34.1 Å². The Bertz CT molecular complexity index is 1650. The lowest BCUT2D eigenvalue weighted by atomic mass is 10.0. The number of ether oxygens (including phenoxy) is 1. The Morgan fingerprint density at radius 3 is 2.73 bits per heavy atom. The molecule has 11 heteroatoms. The van der Waals surface area contributed by atoms with Gasteiger partial charge in [0, 0.05) is 42.8 Å². The number of nitrogens with zero attached hydrogens (tertiary/aromatic N) is 7. The van der Waals surface area contributed by atoms with Crippen LogP contribution in [0.15, 0.2) is 67.5 Å². The molecule has 1 aliphatic heterocycles. The van der Waals surface area contributed by atoms with Crippen molar-refractivity contribution < 1.29 is 14.6 Å². The van der Waals surface area contributed by atoms with Crippen molar-refractivity contribution in [2.24, 2.45) is 0 Å². The number of carboxylic acid groups (broad SMARTS) is 1. The van der Waals surface area contributed by atoms with Crippen LogP contribution in [-0.4, -0.2) is 58.4 Å². The molecule has 6 rings (SSSR count). The Morgan fingerprint density at radius 2 is 1.86 bits per heavy atom. The summed E-state index contributed by atoms with van der Waals surface area (Å²) in [5.41, 5.74) is 5.45. The topological polar surface area (TPSA) is 122 Å². The van der Waals surface area contributed by atoms with Crippen LogP contribution in [0.4, 0.5) is 16.3 Å². The van der Waals surface area contributed by atoms with Crippen LogP contribution in [0.25, 0.3) is 16.7 Å². The third-order valence-electron chi connectivity index (χ3n) is 6.43. The van der Waals surface area contributed by atoms with Crippen LogP contribution < -0.4 is 10.1 Å². The molecule has 0 bridgehead atoms. The highest BCUT2D eigenvalue weighted by molar-refractivity contribution is 5.87. The Hall–Kier alpha value is -4.93. The molecule has 0 spiro atoms. The lowest BCUT2D eigenvalue weighted by molar-refractivity contribution is 0.148. The van der Waals surface area contributed by atoms with Crippen molar-refractivity contribution in [2.75, 3.05) is 18.4 Å². The van der Waals surface area contributed by atoms with Gasteiger partial charge in [-0.3, -0.25) is 0 Å². The van der Waals surface area contributed by atoms with E-state index < -0.39 is 6.09 Å². The molecule has 0 fully saturated rings. The second-order valence-electron chi connectivity index (χ2n) is 8.80. The third-order valence-corrected chi connectivity index (χ3v) is 6.43. The Morgan fingerprint density at radius 1 is 1.03 bits per heavy atom. The number of fused-ring (bicyclic) bond motifs is 2. The monoisotopic (exact) mass is 496 g/mol. The fourth-order valence-corrected chi connectivity index (χ4v) is 4.57. The highest BCUT2D eigenvalue weighted by Gasteiger charge is 2.19. The largest absolute Gasteiger partial charge is 0.465 e. The highest BCUT2D eigenvalue weighted by atomic mass is 16.5. The zero-order valence-corrected chi connectivity index (χ0v) is 20.1. The SMILES string of the molecule is Cc1cc(Nc2ncnn3ccc(C4=CCCN(C(=O)O)CC4)c23)ccc1Oc1ccn2ncnc2c1. The summed E-state index contributed by atoms with van der Waals surface area (Å²) in [6, 6.07) is 11.5. The zero-order valence-electron chi connectivity index (χ0n) is 20.1. The first-order valence-corrected chi connectivity index (χ1v) is 11.9. The van der Waals surface area contributed by atoms with E-state index in [0.29, 0.717) is 43.1 Å². The summed E-state index contributed by atoms with van der Waals surface area (Å²) in [6.45, 7) is 2.94. The van der Waals surface area contributed by atoms with Gasteiger partial charge in [0.25, 0.3) is 0 Å². The van der Waals surface area contributed by atoms with Crippen LogP contribution in [0, 0.1) is 6.92 Å². The van der Waals surface area contributed by atoms with E-state index in [2.05, 4.69) is 31.6 Å². The van der Waals surface area contributed by atoms with Crippen molar-refractivity contribution >= 4 is 34.3 Å². The van der Waals surface area contributed by atoms with Crippen LogP contribution >= 0.6 is 0 Å². The number of hydrogen-bond acceptors (Lipinski definition) is 7. The number of amides is 1. The molecule has 0 saturated heterocycles. The molecule has 0 radical (unpaired) electrons. The van der Waals surface area contributed by atoms with Crippen molar-refractivity contribution in [1.29, 1.82) is 0 Å². The van der Waals surface area contributed by atoms with Crippen LogP contribution in [0.2, 0.25) is 0 Å². The molecule has 186 valence electrons. The summed E-state index contributed by atoms with van der Waals surface area (Å²) < 4.78 is 9.56. The average Bonchev–Trinajstić information content (AvgIpc) is 3.46. The van der Waals surface area contributed by atoms with E-state index in [-0.39, 0.29) is 0 Å². The quantitative estimate of drug-likeness (QED) is 0.357. The van der Waals surface area contributed by atoms with Crippen molar-refractivity contribution in [2.45, 2.75) is 19.8 Å². The molecular formula is C26H24N8O3. The lowest BCUT2D eigenvalue weighted by Gasteiger charge is -2.16. The normalized spacial score (nSPS) is 14.0. The first kappa shape index (κ1) is 22.5. The molecule has 0 atom stereocenters. The van der Waals surface area contributed by atoms with Gasteiger partial charge >= 0.3 is 6.09 Å². The van der Waals surface area contributed by atoms with Gasteiger partial charge in [-0.15, -0.1) is 0 Å². The van der Waals surface area contributed by atoms with Crippen molar-refractivity contribution in [3.63, 3.8) is 0 Å². The number of pyridine rings is 1. The predicted molar refractivity (Wildman–Crippen MR) is 137 cm³/mol. The van der Waals surface area contributed by atoms with E-state index in [1.807, 2.05) is 49.5 Å². The van der Waals surface area contributed by atoms with Gasteiger partial charge in [0.1, 0.15) is 29.7 Å². The standard InChI is InChI=1S/C26H24N8O3/c1-17-13-19(4-5-22(17)37-20-7-11-33-23(14-20)27-15-29-33)31-25-24-21(8-12-34(24)30-16-28-25)18-3-2-9-32(10-6-18)26(35)36/h3-5,7-8,11-16H,2,6,9-10H2,1H3,(H,35,36)(H,28,30,31).